The Morgan fingerprint density at radius 2 is 1.89 bits per heavy atom. The number of nitrogens with one attached hydrogen (secondary N) is 2. The predicted octanol–water partition coefficient (Wildman–Crippen LogP) is 4.66. The topological polar surface area (TPSA) is 89.4 Å². The fourth-order valence-electron chi connectivity index (χ4n) is 3.95. The Morgan fingerprint density at radius 3 is 2.58 bits per heavy atom. The zero-order valence-electron chi connectivity index (χ0n) is 22.0. The van der Waals surface area contributed by atoms with Gasteiger partial charge in [-0.2, -0.15) is 0 Å². The van der Waals surface area contributed by atoms with E-state index in [1.807, 2.05) is 18.2 Å². The molecule has 1 aromatic carbocycles. The number of allylic oxidation sites excluding steroid dienone is 3. The van der Waals surface area contributed by atoms with Gasteiger partial charge < -0.3 is 19.9 Å². The smallest absolute Gasteiger partial charge is 0.306 e. The number of halogens is 1. The predicted molar refractivity (Wildman–Crippen MR) is 148 cm³/mol. The lowest BCUT2D eigenvalue weighted by Crippen LogP contribution is -2.47. The molecule has 1 heterocycles. The van der Waals surface area contributed by atoms with Crippen molar-refractivity contribution in [2.24, 2.45) is 0 Å². The summed E-state index contributed by atoms with van der Waals surface area (Å²) in [5, 5.41) is 5.64. The molecule has 0 radical (unpaired) electrons. The van der Waals surface area contributed by atoms with Gasteiger partial charge in [-0.25, -0.2) is 4.39 Å². The normalized spacial score (nSPS) is 14.0. The van der Waals surface area contributed by atoms with E-state index in [1.165, 1.54) is 12.1 Å². The van der Waals surface area contributed by atoms with Crippen molar-refractivity contribution < 1.29 is 23.5 Å². The van der Waals surface area contributed by atoms with E-state index < -0.39 is 29.4 Å². The Hall–Kier alpha value is -3.59. The molecule has 0 saturated carbocycles. The summed E-state index contributed by atoms with van der Waals surface area (Å²) in [5.74, 6) is -1.64. The molecule has 1 aromatic heterocycles. The third-order valence-electron chi connectivity index (χ3n) is 5.80. The van der Waals surface area contributed by atoms with E-state index in [0.29, 0.717) is 31.6 Å². The van der Waals surface area contributed by atoms with Gasteiger partial charge in [0.1, 0.15) is 23.2 Å². The summed E-state index contributed by atoms with van der Waals surface area (Å²) in [6.07, 6.45) is 8.93. The van der Waals surface area contributed by atoms with Crippen LogP contribution in [-0.4, -0.2) is 45.4 Å². The number of esters is 1. The average Bonchev–Trinajstić information content (AvgIpc) is 3.31. The van der Waals surface area contributed by atoms with Crippen LogP contribution in [0.5, 0.6) is 0 Å². The Kier molecular flexibility index (Phi) is 10.1. The summed E-state index contributed by atoms with van der Waals surface area (Å²) in [5.41, 5.74) is 1.50. The molecule has 7 nitrogen and oxygen atoms in total. The summed E-state index contributed by atoms with van der Waals surface area (Å²) in [4.78, 5) is 39.5. The highest BCUT2D eigenvalue weighted by Crippen LogP contribution is 2.14. The molecule has 2 amide bonds. The summed E-state index contributed by atoms with van der Waals surface area (Å²) in [6.45, 7) is 6.01. The van der Waals surface area contributed by atoms with Crippen LogP contribution in [0.4, 0.5) is 4.39 Å². The molecule has 3 rings (SSSR count). The third-order valence-corrected chi connectivity index (χ3v) is 6.22. The summed E-state index contributed by atoms with van der Waals surface area (Å²) in [6, 6.07) is 8.45. The summed E-state index contributed by atoms with van der Waals surface area (Å²) >= 11 is 5.38. The lowest BCUT2D eigenvalue weighted by atomic mass is 10.0. The van der Waals surface area contributed by atoms with Gasteiger partial charge in [0, 0.05) is 37.0 Å². The van der Waals surface area contributed by atoms with E-state index >= 15 is 0 Å². The van der Waals surface area contributed by atoms with Gasteiger partial charge >= 0.3 is 5.97 Å². The van der Waals surface area contributed by atoms with Crippen molar-refractivity contribution in [3.05, 3.63) is 83.5 Å². The Morgan fingerprint density at radius 1 is 1.16 bits per heavy atom. The molecule has 2 N–H and O–H groups in total. The number of amides is 2. The number of hydrogen-bond donors (Lipinski definition) is 2. The number of thiocarbonyl (C=S) groups is 1. The minimum absolute atomic E-state index is 0.0355. The van der Waals surface area contributed by atoms with Gasteiger partial charge in [0.05, 0.1) is 0 Å². The lowest BCUT2D eigenvalue weighted by Gasteiger charge is -2.22. The number of aromatic nitrogens is 1. The first-order chi connectivity index (χ1) is 18.0. The monoisotopic (exact) mass is 539 g/mol. The van der Waals surface area contributed by atoms with E-state index in [9.17, 15) is 18.8 Å². The van der Waals surface area contributed by atoms with Gasteiger partial charge in [-0.05, 0) is 69.0 Å². The van der Waals surface area contributed by atoms with Crippen molar-refractivity contribution in [2.45, 2.75) is 64.6 Å². The molecule has 202 valence electrons. The fourth-order valence-corrected chi connectivity index (χ4v) is 4.22. The molecule has 0 fully saturated rings. The maximum absolute atomic E-state index is 13.3. The van der Waals surface area contributed by atoms with Crippen molar-refractivity contribution >= 4 is 34.9 Å². The van der Waals surface area contributed by atoms with E-state index in [0.717, 1.165) is 16.0 Å². The largest absolute Gasteiger partial charge is 0.460 e. The Labute approximate surface area is 228 Å². The molecule has 1 atom stereocenters. The number of nitrogens with zero attached hydrogens (tertiary/aromatic N) is 1. The van der Waals surface area contributed by atoms with Gasteiger partial charge in [0.2, 0.25) is 5.91 Å². The minimum atomic E-state index is -0.948. The maximum atomic E-state index is 13.3. The van der Waals surface area contributed by atoms with Gasteiger partial charge in [0.25, 0.3) is 5.91 Å². The van der Waals surface area contributed by atoms with Crippen LogP contribution in [-0.2, 0) is 20.9 Å². The van der Waals surface area contributed by atoms with Gasteiger partial charge in [0.15, 0.2) is 0 Å². The minimum Gasteiger partial charge on any atom is -0.460 e. The molecule has 0 saturated heterocycles. The van der Waals surface area contributed by atoms with Crippen LogP contribution in [0.15, 0.2) is 66.4 Å². The zero-order valence-corrected chi connectivity index (χ0v) is 22.8. The summed E-state index contributed by atoms with van der Waals surface area (Å²) < 4.78 is 20.4. The van der Waals surface area contributed by atoms with Crippen LogP contribution < -0.4 is 10.6 Å². The molecule has 0 bridgehead atoms. The van der Waals surface area contributed by atoms with E-state index in [4.69, 9.17) is 17.0 Å². The van der Waals surface area contributed by atoms with Crippen molar-refractivity contribution in [3.63, 3.8) is 0 Å². The van der Waals surface area contributed by atoms with Gasteiger partial charge in [-0.15, -0.1) is 0 Å². The highest BCUT2D eigenvalue weighted by Gasteiger charge is 2.25. The molecule has 9 heteroatoms. The molecule has 38 heavy (non-hydrogen) atoms. The molecule has 0 unspecified atom stereocenters. The first-order valence-electron chi connectivity index (χ1n) is 12.6. The average molecular weight is 540 g/mol. The second-order valence-corrected chi connectivity index (χ2v) is 10.6. The maximum Gasteiger partial charge on any atom is 0.306 e. The molecular formula is C29H34FN3O4S. The second-order valence-electron chi connectivity index (χ2n) is 10.1. The standard InChI is InChI=1S/C29H34FN3O4S/c1-29(2,3)37-26(34)15-14-23(27(35)31-17-16-21-7-4-5-9-25(21)38)32-28(36)24-8-6-18-33(24)19-20-10-12-22(30)13-11-20/h4-8,10-13,18,23H,9,14-17,19H2,1-3H3,(H,31,35)(H,32,36)/t23-/m0/s1. The van der Waals surface area contributed by atoms with Crippen LogP contribution in [0.25, 0.3) is 0 Å². The van der Waals surface area contributed by atoms with Crippen LogP contribution in [0.3, 0.4) is 0 Å². The zero-order chi connectivity index (χ0) is 27.7. The van der Waals surface area contributed by atoms with E-state index in [1.54, 1.807) is 55.8 Å². The van der Waals surface area contributed by atoms with E-state index in [-0.39, 0.29) is 18.7 Å². The molecule has 0 spiro atoms. The van der Waals surface area contributed by atoms with Gasteiger partial charge in [-0.1, -0.05) is 42.6 Å². The van der Waals surface area contributed by atoms with Crippen LogP contribution in [0, 0.1) is 5.82 Å². The number of ether oxygens (including phenoxy) is 1. The number of benzene rings is 1. The van der Waals surface area contributed by atoms with E-state index in [2.05, 4.69) is 10.6 Å². The van der Waals surface area contributed by atoms with Crippen LogP contribution in [0.2, 0.25) is 0 Å². The Bertz CT molecular complexity index is 1230. The molecule has 0 aliphatic heterocycles. The number of hydrogen-bond acceptors (Lipinski definition) is 5. The molecule has 1 aliphatic carbocycles. The first kappa shape index (κ1) is 29.0. The second kappa shape index (κ2) is 13.3. The number of carbonyl (C=O) groups excluding carboxylic acids is 3. The fraction of sp³-hybridized carbons (Fsp3) is 0.379. The lowest BCUT2D eigenvalue weighted by molar-refractivity contribution is -0.155. The van der Waals surface area contributed by atoms with Crippen molar-refractivity contribution in [2.75, 3.05) is 6.54 Å². The van der Waals surface area contributed by atoms with Crippen molar-refractivity contribution in [1.29, 1.82) is 0 Å². The first-order valence-corrected chi connectivity index (χ1v) is 13.0. The quantitative estimate of drug-likeness (QED) is 0.320. The highest BCUT2D eigenvalue weighted by atomic mass is 32.1. The molecule has 1 aliphatic rings. The van der Waals surface area contributed by atoms with Crippen LogP contribution in [0.1, 0.15) is 62.5 Å². The third kappa shape index (κ3) is 9.06. The number of rotatable bonds is 11. The highest BCUT2D eigenvalue weighted by molar-refractivity contribution is 7.80. The number of carbonyl (C=O) groups is 3. The van der Waals surface area contributed by atoms with Crippen molar-refractivity contribution in [3.8, 4) is 0 Å². The van der Waals surface area contributed by atoms with Gasteiger partial charge in [-0.3, -0.25) is 14.4 Å². The molecular weight excluding hydrogens is 505 g/mol. The van der Waals surface area contributed by atoms with Crippen molar-refractivity contribution in [1.82, 2.24) is 15.2 Å². The summed E-state index contributed by atoms with van der Waals surface area (Å²) in [7, 11) is 0. The SMILES string of the molecule is CC(C)(C)OC(=O)CC[C@H](NC(=O)c1cccn1Cc1ccc(F)cc1)C(=O)NCCC1=CC=CCC1=S. The molecule has 2 aromatic rings. The Balaban J connectivity index is 1.67. The van der Waals surface area contributed by atoms with Crippen LogP contribution >= 0.6 is 12.2 Å².